The first-order chi connectivity index (χ1) is 9.08. The molecular weight excluding hydrogens is 244 g/mol. The highest BCUT2D eigenvalue weighted by atomic mass is 16.5. The van der Waals surface area contributed by atoms with E-state index in [1.54, 1.807) is 4.90 Å². The highest BCUT2D eigenvalue weighted by Crippen LogP contribution is 2.40. The molecule has 0 radical (unpaired) electrons. The normalized spacial score (nSPS) is 37.8. The van der Waals surface area contributed by atoms with Gasteiger partial charge in [-0.1, -0.05) is 13.8 Å². The molecule has 3 saturated heterocycles. The molecule has 4 unspecified atom stereocenters. The van der Waals surface area contributed by atoms with Gasteiger partial charge >= 0.3 is 0 Å². The third kappa shape index (κ3) is 2.14. The van der Waals surface area contributed by atoms with Crippen molar-refractivity contribution in [3.63, 3.8) is 0 Å². The Kier molecular flexibility index (Phi) is 3.25. The predicted molar refractivity (Wildman–Crippen MR) is 69.4 cm³/mol. The van der Waals surface area contributed by atoms with Crippen molar-refractivity contribution in [3.05, 3.63) is 0 Å². The Hall–Kier alpha value is -1.10. The maximum atomic E-state index is 12.7. The second kappa shape index (κ2) is 4.78. The van der Waals surface area contributed by atoms with Crippen molar-refractivity contribution in [1.82, 2.24) is 10.2 Å². The summed E-state index contributed by atoms with van der Waals surface area (Å²) in [6.07, 6.45) is 3.29. The van der Waals surface area contributed by atoms with Gasteiger partial charge in [0.15, 0.2) is 0 Å². The third-order valence-corrected chi connectivity index (χ3v) is 4.59. The molecule has 3 fully saturated rings. The first-order valence-corrected chi connectivity index (χ1v) is 7.31. The molecule has 3 aliphatic rings. The van der Waals surface area contributed by atoms with Crippen molar-refractivity contribution in [2.75, 3.05) is 13.1 Å². The zero-order valence-electron chi connectivity index (χ0n) is 11.6. The molecule has 4 atom stereocenters. The summed E-state index contributed by atoms with van der Waals surface area (Å²) in [5.41, 5.74) is 0. The summed E-state index contributed by atoms with van der Waals surface area (Å²) in [7, 11) is 0. The fourth-order valence-electron chi connectivity index (χ4n) is 3.71. The standard InChI is InChI=1S/C14H22N2O3/c1-8(2)12-13(17)15-5-6-16(12)14(18)10-7-9-3-4-11(10)19-9/h8-12H,3-7H2,1-2H3,(H,15,17). The van der Waals surface area contributed by atoms with Crippen LogP contribution in [0.15, 0.2) is 0 Å². The lowest BCUT2D eigenvalue weighted by atomic mass is 9.87. The zero-order chi connectivity index (χ0) is 13.6. The largest absolute Gasteiger partial charge is 0.374 e. The first-order valence-electron chi connectivity index (χ1n) is 7.31. The van der Waals surface area contributed by atoms with Crippen molar-refractivity contribution in [2.45, 2.75) is 51.4 Å². The predicted octanol–water partition coefficient (Wildman–Crippen LogP) is 0.537. The van der Waals surface area contributed by atoms with Crippen LogP contribution in [-0.2, 0) is 14.3 Å². The number of hydrogen-bond donors (Lipinski definition) is 1. The van der Waals surface area contributed by atoms with E-state index in [9.17, 15) is 9.59 Å². The van der Waals surface area contributed by atoms with Crippen LogP contribution in [0.25, 0.3) is 0 Å². The number of fused-ring (bicyclic) bond motifs is 2. The van der Waals surface area contributed by atoms with E-state index in [4.69, 9.17) is 4.74 Å². The lowest BCUT2D eigenvalue weighted by molar-refractivity contribution is -0.149. The van der Waals surface area contributed by atoms with Gasteiger partial charge in [-0.3, -0.25) is 9.59 Å². The molecule has 3 heterocycles. The summed E-state index contributed by atoms with van der Waals surface area (Å²) in [4.78, 5) is 26.5. The molecule has 3 rings (SSSR count). The Morgan fingerprint density at radius 3 is 2.79 bits per heavy atom. The molecule has 0 aromatic carbocycles. The quantitative estimate of drug-likeness (QED) is 0.793. The molecule has 0 spiro atoms. The van der Waals surface area contributed by atoms with Crippen molar-refractivity contribution in [2.24, 2.45) is 11.8 Å². The maximum Gasteiger partial charge on any atom is 0.243 e. The molecule has 106 valence electrons. The fraction of sp³-hybridized carbons (Fsp3) is 0.857. The Balaban J connectivity index is 1.76. The van der Waals surface area contributed by atoms with E-state index >= 15 is 0 Å². The molecule has 0 aromatic rings. The molecule has 0 aliphatic carbocycles. The van der Waals surface area contributed by atoms with E-state index in [0.29, 0.717) is 13.1 Å². The van der Waals surface area contributed by atoms with E-state index in [2.05, 4.69) is 5.32 Å². The first kappa shape index (κ1) is 12.9. The van der Waals surface area contributed by atoms with Crippen LogP contribution in [0.4, 0.5) is 0 Å². The second-order valence-electron chi connectivity index (χ2n) is 6.23. The molecule has 5 nitrogen and oxygen atoms in total. The van der Waals surface area contributed by atoms with Crippen molar-refractivity contribution < 1.29 is 14.3 Å². The number of ether oxygens (including phenoxy) is 1. The molecule has 2 bridgehead atoms. The number of nitrogens with one attached hydrogen (secondary N) is 1. The van der Waals surface area contributed by atoms with Crippen LogP contribution in [0.2, 0.25) is 0 Å². The van der Waals surface area contributed by atoms with Gasteiger partial charge in [0.05, 0.1) is 18.1 Å². The van der Waals surface area contributed by atoms with Gasteiger partial charge < -0.3 is 15.0 Å². The number of carbonyl (C=O) groups is 2. The van der Waals surface area contributed by atoms with Crippen molar-refractivity contribution >= 4 is 11.8 Å². The number of nitrogens with zero attached hydrogens (tertiary/aromatic N) is 1. The Labute approximate surface area is 113 Å². The van der Waals surface area contributed by atoms with Crippen LogP contribution >= 0.6 is 0 Å². The molecule has 3 aliphatic heterocycles. The van der Waals surface area contributed by atoms with Gasteiger partial charge in [0, 0.05) is 13.1 Å². The summed E-state index contributed by atoms with van der Waals surface area (Å²) in [5.74, 6) is 0.231. The Bertz CT molecular complexity index is 396. The number of piperazine rings is 1. The summed E-state index contributed by atoms with van der Waals surface area (Å²) in [6, 6.07) is -0.319. The van der Waals surface area contributed by atoms with Gasteiger partial charge in [-0.15, -0.1) is 0 Å². The van der Waals surface area contributed by atoms with Gasteiger partial charge in [0.25, 0.3) is 0 Å². The monoisotopic (exact) mass is 266 g/mol. The van der Waals surface area contributed by atoms with E-state index < -0.39 is 0 Å². The minimum Gasteiger partial charge on any atom is -0.374 e. The topological polar surface area (TPSA) is 58.6 Å². The SMILES string of the molecule is CC(C)C1C(=O)NCCN1C(=O)C1CC2CCC1O2. The van der Waals surface area contributed by atoms with Gasteiger partial charge in [0.2, 0.25) is 11.8 Å². The van der Waals surface area contributed by atoms with Gasteiger partial charge in [-0.2, -0.15) is 0 Å². The summed E-state index contributed by atoms with van der Waals surface area (Å²) in [6.45, 7) is 5.18. The molecule has 1 N–H and O–H groups in total. The number of rotatable bonds is 2. The smallest absolute Gasteiger partial charge is 0.243 e. The summed E-state index contributed by atoms with van der Waals surface area (Å²) >= 11 is 0. The average molecular weight is 266 g/mol. The zero-order valence-corrected chi connectivity index (χ0v) is 11.6. The maximum absolute atomic E-state index is 12.7. The van der Waals surface area contributed by atoms with E-state index in [0.717, 1.165) is 19.3 Å². The molecular formula is C14H22N2O3. The second-order valence-corrected chi connectivity index (χ2v) is 6.23. The lowest BCUT2D eigenvalue weighted by Crippen LogP contribution is -2.60. The van der Waals surface area contributed by atoms with Crippen LogP contribution in [0, 0.1) is 11.8 Å². The van der Waals surface area contributed by atoms with Crippen LogP contribution < -0.4 is 5.32 Å². The van der Waals surface area contributed by atoms with Crippen molar-refractivity contribution in [3.8, 4) is 0 Å². The average Bonchev–Trinajstić information content (AvgIpc) is 2.99. The van der Waals surface area contributed by atoms with Crippen LogP contribution in [0.1, 0.15) is 33.1 Å². The van der Waals surface area contributed by atoms with E-state index in [1.165, 1.54) is 0 Å². The summed E-state index contributed by atoms with van der Waals surface area (Å²) < 4.78 is 5.77. The highest BCUT2D eigenvalue weighted by molar-refractivity contribution is 5.90. The van der Waals surface area contributed by atoms with Gasteiger partial charge in [0.1, 0.15) is 6.04 Å². The van der Waals surface area contributed by atoms with Gasteiger partial charge in [-0.05, 0) is 25.2 Å². The molecule has 0 saturated carbocycles. The number of amides is 2. The van der Waals surface area contributed by atoms with Gasteiger partial charge in [-0.25, -0.2) is 0 Å². The van der Waals surface area contributed by atoms with Crippen LogP contribution in [-0.4, -0.2) is 48.1 Å². The molecule has 5 heteroatoms. The number of carbonyl (C=O) groups excluding carboxylic acids is 2. The van der Waals surface area contributed by atoms with E-state index in [-0.39, 0.29) is 41.9 Å². The lowest BCUT2D eigenvalue weighted by Gasteiger charge is -2.39. The van der Waals surface area contributed by atoms with Crippen molar-refractivity contribution in [1.29, 1.82) is 0 Å². The number of hydrogen-bond acceptors (Lipinski definition) is 3. The van der Waals surface area contributed by atoms with Crippen LogP contribution in [0.5, 0.6) is 0 Å². The molecule has 0 aromatic heterocycles. The Morgan fingerprint density at radius 2 is 2.21 bits per heavy atom. The van der Waals surface area contributed by atoms with E-state index in [1.807, 2.05) is 13.8 Å². The Morgan fingerprint density at radius 1 is 1.42 bits per heavy atom. The summed E-state index contributed by atoms with van der Waals surface area (Å²) in [5, 5.41) is 2.86. The minimum atomic E-state index is -0.319. The third-order valence-electron chi connectivity index (χ3n) is 4.59. The van der Waals surface area contributed by atoms with Crippen LogP contribution in [0.3, 0.4) is 0 Å². The molecule has 2 amide bonds. The highest BCUT2D eigenvalue weighted by Gasteiger charge is 2.48. The minimum absolute atomic E-state index is 0.0151. The molecule has 19 heavy (non-hydrogen) atoms. The fourth-order valence-corrected chi connectivity index (χ4v) is 3.71.